The SMILES string of the molecule is CNc1nc(C)c(C(=O)NCCCc2ccccc2)s1. The monoisotopic (exact) mass is 289 g/mol. The Kier molecular flexibility index (Phi) is 5.12. The summed E-state index contributed by atoms with van der Waals surface area (Å²) in [7, 11) is 1.81. The zero-order valence-electron chi connectivity index (χ0n) is 11.8. The fourth-order valence-corrected chi connectivity index (χ4v) is 2.77. The Bertz CT molecular complexity index is 566. The average Bonchev–Trinajstić information content (AvgIpc) is 2.86. The van der Waals surface area contributed by atoms with Gasteiger partial charge in [0.05, 0.1) is 5.69 Å². The van der Waals surface area contributed by atoms with Crippen molar-refractivity contribution in [3.8, 4) is 0 Å². The lowest BCUT2D eigenvalue weighted by Gasteiger charge is -2.04. The molecule has 1 aromatic heterocycles. The van der Waals surface area contributed by atoms with E-state index in [0.717, 1.165) is 23.7 Å². The number of nitrogens with one attached hydrogen (secondary N) is 2. The summed E-state index contributed by atoms with van der Waals surface area (Å²) in [5, 5.41) is 6.69. The Hall–Kier alpha value is -1.88. The second-order valence-corrected chi connectivity index (χ2v) is 5.53. The quantitative estimate of drug-likeness (QED) is 0.804. The molecular weight excluding hydrogens is 270 g/mol. The second kappa shape index (κ2) is 7.05. The second-order valence-electron chi connectivity index (χ2n) is 4.53. The zero-order valence-corrected chi connectivity index (χ0v) is 12.6. The molecule has 1 amide bonds. The molecule has 0 aliphatic heterocycles. The standard InChI is InChI=1S/C15H19N3OS/c1-11-13(20-15(16-2)18-11)14(19)17-10-6-9-12-7-4-3-5-8-12/h3-5,7-8H,6,9-10H2,1-2H3,(H,16,18)(H,17,19). The Morgan fingerprint density at radius 2 is 2.05 bits per heavy atom. The minimum atomic E-state index is -0.0328. The molecule has 0 radical (unpaired) electrons. The van der Waals surface area contributed by atoms with Crippen molar-refractivity contribution >= 4 is 22.4 Å². The third-order valence-corrected chi connectivity index (χ3v) is 4.16. The van der Waals surface area contributed by atoms with Crippen LogP contribution in [0.1, 0.15) is 27.3 Å². The molecule has 0 unspecified atom stereocenters. The van der Waals surface area contributed by atoms with Crippen LogP contribution in [0.25, 0.3) is 0 Å². The maximum atomic E-state index is 12.0. The fraction of sp³-hybridized carbons (Fsp3) is 0.333. The highest BCUT2D eigenvalue weighted by atomic mass is 32.1. The Balaban J connectivity index is 1.79. The molecule has 0 atom stereocenters. The lowest BCUT2D eigenvalue weighted by Crippen LogP contribution is -2.24. The molecule has 0 aliphatic carbocycles. The van der Waals surface area contributed by atoms with Crippen molar-refractivity contribution in [3.05, 3.63) is 46.5 Å². The van der Waals surface area contributed by atoms with Crippen LogP contribution >= 0.6 is 11.3 Å². The van der Waals surface area contributed by atoms with Crippen molar-refractivity contribution < 1.29 is 4.79 Å². The number of carbonyl (C=O) groups is 1. The van der Waals surface area contributed by atoms with E-state index < -0.39 is 0 Å². The fourth-order valence-electron chi connectivity index (χ4n) is 1.93. The molecule has 0 fully saturated rings. The van der Waals surface area contributed by atoms with E-state index in [0.29, 0.717) is 11.4 Å². The lowest BCUT2D eigenvalue weighted by molar-refractivity contribution is 0.0956. The van der Waals surface area contributed by atoms with Gasteiger partial charge in [0.15, 0.2) is 5.13 Å². The third kappa shape index (κ3) is 3.81. The van der Waals surface area contributed by atoms with Gasteiger partial charge >= 0.3 is 0 Å². The van der Waals surface area contributed by atoms with Crippen molar-refractivity contribution in [2.24, 2.45) is 0 Å². The first-order chi connectivity index (χ1) is 9.70. The summed E-state index contributed by atoms with van der Waals surface area (Å²) in [6.07, 6.45) is 1.91. The highest BCUT2D eigenvalue weighted by Gasteiger charge is 2.13. The predicted octanol–water partition coefficient (Wildman–Crippen LogP) is 2.86. The summed E-state index contributed by atoms with van der Waals surface area (Å²) in [6, 6.07) is 10.3. The molecule has 0 spiro atoms. The molecule has 0 aliphatic rings. The number of rotatable bonds is 6. The molecular formula is C15H19N3OS. The van der Waals surface area contributed by atoms with Gasteiger partial charge in [-0.15, -0.1) is 0 Å². The molecule has 0 bridgehead atoms. The van der Waals surface area contributed by atoms with Crippen molar-refractivity contribution in [2.45, 2.75) is 19.8 Å². The lowest BCUT2D eigenvalue weighted by atomic mass is 10.1. The minimum absolute atomic E-state index is 0.0328. The Labute approximate surface area is 123 Å². The van der Waals surface area contributed by atoms with Crippen LogP contribution < -0.4 is 10.6 Å². The highest BCUT2D eigenvalue weighted by molar-refractivity contribution is 7.17. The molecule has 2 aromatic rings. The molecule has 1 aromatic carbocycles. The minimum Gasteiger partial charge on any atom is -0.365 e. The van der Waals surface area contributed by atoms with Crippen LogP contribution in [0.5, 0.6) is 0 Å². The normalized spacial score (nSPS) is 10.3. The number of benzene rings is 1. The Morgan fingerprint density at radius 1 is 1.30 bits per heavy atom. The van der Waals surface area contributed by atoms with E-state index in [9.17, 15) is 4.79 Å². The number of hydrogen-bond acceptors (Lipinski definition) is 4. The summed E-state index contributed by atoms with van der Waals surface area (Å²) in [5.41, 5.74) is 2.08. The van der Waals surface area contributed by atoms with E-state index >= 15 is 0 Å². The molecule has 2 N–H and O–H groups in total. The largest absolute Gasteiger partial charge is 0.365 e. The van der Waals surface area contributed by atoms with Gasteiger partial charge in [0, 0.05) is 13.6 Å². The number of thiazole rings is 1. The highest BCUT2D eigenvalue weighted by Crippen LogP contribution is 2.21. The summed E-state index contributed by atoms with van der Waals surface area (Å²) in [5.74, 6) is -0.0328. The summed E-state index contributed by atoms with van der Waals surface area (Å²) in [4.78, 5) is 17.0. The van der Waals surface area contributed by atoms with Gasteiger partial charge in [0.1, 0.15) is 4.88 Å². The predicted molar refractivity (Wildman–Crippen MR) is 83.5 cm³/mol. The van der Waals surface area contributed by atoms with Crippen molar-refractivity contribution in [1.29, 1.82) is 0 Å². The maximum absolute atomic E-state index is 12.0. The smallest absolute Gasteiger partial charge is 0.263 e. The van der Waals surface area contributed by atoms with Crippen molar-refractivity contribution in [3.63, 3.8) is 0 Å². The first-order valence-electron chi connectivity index (χ1n) is 6.68. The molecule has 0 saturated heterocycles. The topological polar surface area (TPSA) is 54.0 Å². The van der Waals surface area contributed by atoms with Gasteiger partial charge in [0.2, 0.25) is 0 Å². The Morgan fingerprint density at radius 3 is 2.70 bits per heavy atom. The number of carbonyl (C=O) groups excluding carboxylic acids is 1. The van der Waals surface area contributed by atoms with Gasteiger partial charge in [0.25, 0.3) is 5.91 Å². The first-order valence-corrected chi connectivity index (χ1v) is 7.49. The molecule has 5 heteroatoms. The van der Waals surface area contributed by atoms with E-state index in [1.165, 1.54) is 16.9 Å². The van der Waals surface area contributed by atoms with Gasteiger partial charge in [-0.3, -0.25) is 4.79 Å². The van der Waals surface area contributed by atoms with E-state index in [1.807, 2.05) is 25.1 Å². The summed E-state index contributed by atoms with van der Waals surface area (Å²) >= 11 is 1.39. The average molecular weight is 289 g/mol. The summed E-state index contributed by atoms with van der Waals surface area (Å²) in [6.45, 7) is 2.54. The zero-order chi connectivity index (χ0) is 14.4. The van der Waals surface area contributed by atoms with Crippen LogP contribution in [0.3, 0.4) is 0 Å². The molecule has 20 heavy (non-hydrogen) atoms. The van der Waals surface area contributed by atoms with E-state index in [-0.39, 0.29) is 5.91 Å². The van der Waals surface area contributed by atoms with E-state index in [2.05, 4.69) is 27.8 Å². The molecule has 2 rings (SSSR count). The van der Waals surface area contributed by atoms with Gasteiger partial charge in [-0.25, -0.2) is 4.98 Å². The van der Waals surface area contributed by atoms with Gasteiger partial charge in [-0.05, 0) is 25.3 Å². The maximum Gasteiger partial charge on any atom is 0.263 e. The van der Waals surface area contributed by atoms with Crippen LogP contribution in [0.2, 0.25) is 0 Å². The number of aromatic nitrogens is 1. The van der Waals surface area contributed by atoms with Gasteiger partial charge < -0.3 is 10.6 Å². The van der Waals surface area contributed by atoms with Crippen LogP contribution in [-0.2, 0) is 6.42 Å². The molecule has 106 valence electrons. The molecule has 4 nitrogen and oxygen atoms in total. The van der Waals surface area contributed by atoms with Crippen LogP contribution in [-0.4, -0.2) is 24.5 Å². The summed E-state index contributed by atoms with van der Waals surface area (Å²) < 4.78 is 0. The van der Waals surface area contributed by atoms with Crippen molar-refractivity contribution in [2.75, 3.05) is 18.9 Å². The van der Waals surface area contributed by atoms with Crippen LogP contribution in [0.15, 0.2) is 30.3 Å². The van der Waals surface area contributed by atoms with Crippen LogP contribution in [0, 0.1) is 6.92 Å². The van der Waals surface area contributed by atoms with Crippen molar-refractivity contribution in [1.82, 2.24) is 10.3 Å². The molecule has 0 saturated carbocycles. The number of amides is 1. The van der Waals surface area contributed by atoms with E-state index in [4.69, 9.17) is 0 Å². The first kappa shape index (κ1) is 14.5. The molecule has 1 heterocycles. The van der Waals surface area contributed by atoms with Gasteiger partial charge in [-0.1, -0.05) is 41.7 Å². The number of nitrogens with zero attached hydrogens (tertiary/aromatic N) is 1. The number of hydrogen-bond donors (Lipinski definition) is 2. The third-order valence-electron chi connectivity index (χ3n) is 2.99. The van der Waals surface area contributed by atoms with E-state index in [1.54, 1.807) is 7.05 Å². The van der Waals surface area contributed by atoms with Crippen LogP contribution in [0.4, 0.5) is 5.13 Å². The number of anilines is 1. The van der Waals surface area contributed by atoms with Gasteiger partial charge in [-0.2, -0.15) is 0 Å². The number of aryl methyl sites for hydroxylation is 2.